The molecule has 0 atom stereocenters. The van der Waals surface area contributed by atoms with Crippen LogP contribution in [0.4, 0.5) is 10.8 Å². The fourth-order valence-electron chi connectivity index (χ4n) is 4.42. The molecule has 1 amide bonds. The maximum Gasteiger partial charge on any atom is 0.410 e. The average molecular weight is 496 g/mol. The molecule has 180 valence electrons. The highest BCUT2D eigenvalue weighted by molar-refractivity contribution is 7.99. The number of amides is 1. The lowest BCUT2D eigenvalue weighted by molar-refractivity contribution is 0.0938. The van der Waals surface area contributed by atoms with Crippen molar-refractivity contribution in [1.29, 1.82) is 0 Å². The SMILES string of the molecule is O=C(OCc1ccccc1)N1CCN(c2nc3c(Sc4cccc5ccccc45)cccc3o2)CC1. The Morgan fingerprint density at radius 1 is 0.833 bits per heavy atom. The van der Waals surface area contributed by atoms with E-state index in [4.69, 9.17) is 14.1 Å². The van der Waals surface area contributed by atoms with Crippen molar-refractivity contribution in [2.24, 2.45) is 0 Å². The van der Waals surface area contributed by atoms with E-state index in [1.54, 1.807) is 16.7 Å². The van der Waals surface area contributed by atoms with Gasteiger partial charge in [0.05, 0.1) is 0 Å². The summed E-state index contributed by atoms with van der Waals surface area (Å²) in [6.07, 6.45) is -0.287. The highest BCUT2D eigenvalue weighted by Gasteiger charge is 2.25. The molecule has 0 aliphatic carbocycles. The van der Waals surface area contributed by atoms with Gasteiger partial charge in [-0.2, -0.15) is 4.98 Å². The van der Waals surface area contributed by atoms with Gasteiger partial charge in [-0.25, -0.2) is 4.79 Å². The fourth-order valence-corrected chi connectivity index (χ4v) is 5.49. The molecule has 7 heteroatoms. The van der Waals surface area contributed by atoms with Crippen molar-refractivity contribution < 1.29 is 13.9 Å². The molecule has 0 unspecified atom stereocenters. The first-order valence-corrected chi connectivity index (χ1v) is 12.8. The third kappa shape index (κ3) is 4.62. The van der Waals surface area contributed by atoms with Crippen LogP contribution in [0.5, 0.6) is 0 Å². The monoisotopic (exact) mass is 495 g/mol. The van der Waals surface area contributed by atoms with Gasteiger partial charge in [-0.05, 0) is 34.5 Å². The lowest BCUT2D eigenvalue weighted by Gasteiger charge is -2.33. The minimum atomic E-state index is -0.287. The quantitative estimate of drug-likeness (QED) is 0.274. The summed E-state index contributed by atoms with van der Waals surface area (Å²) >= 11 is 1.70. The van der Waals surface area contributed by atoms with Gasteiger partial charge in [-0.3, -0.25) is 0 Å². The van der Waals surface area contributed by atoms with Crippen LogP contribution in [-0.4, -0.2) is 42.2 Å². The fraction of sp³-hybridized carbons (Fsp3) is 0.172. The second kappa shape index (κ2) is 9.95. The number of hydrogen-bond donors (Lipinski definition) is 0. The Labute approximate surface area is 213 Å². The van der Waals surface area contributed by atoms with E-state index in [0.717, 1.165) is 21.6 Å². The van der Waals surface area contributed by atoms with E-state index < -0.39 is 0 Å². The van der Waals surface area contributed by atoms with E-state index in [9.17, 15) is 4.79 Å². The Morgan fingerprint density at radius 3 is 2.42 bits per heavy atom. The highest BCUT2D eigenvalue weighted by atomic mass is 32.2. The number of piperazine rings is 1. The predicted molar refractivity (Wildman–Crippen MR) is 142 cm³/mol. The largest absolute Gasteiger partial charge is 0.445 e. The van der Waals surface area contributed by atoms with Crippen LogP contribution in [0, 0.1) is 0 Å². The molecule has 0 radical (unpaired) electrons. The number of carbonyl (C=O) groups is 1. The van der Waals surface area contributed by atoms with Gasteiger partial charge in [0.2, 0.25) is 0 Å². The molecule has 1 aliphatic heterocycles. The lowest BCUT2D eigenvalue weighted by atomic mass is 10.1. The second-order valence-electron chi connectivity index (χ2n) is 8.69. The molecule has 0 bridgehead atoms. The Morgan fingerprint density at radius 2 is 1.56 bits per heavy atom. The molecule has 0 N–H and O–H groups in total. The van der Waals surface area contributed by atoms with E-state index in [2.05, 4.69) is 53.4 Å². The van der Waals surface area contributed by atoms with Gasteiger partial charge in [-0.15, -0.1) is 0 Å². The van der Waals surface area contributed by atoms with Crippen LogP contribution in [0.15, 0.2) is 105 Å². The molecule has 1 fully saturated rings. The van der Waals surface area contributed by atoms with Crippen molar-refractivity contribution in [1.82, 2.24) is 9.88 Å². The van der Waals surface area contributed by atoms with Gasteiger partial charge in [0.25, 0.3) is 6.01 Å². The smallest absolute Gasteiger partial charge is 0.410 e. The normalized spacial score (nSPS) is 13.9. The number of fused-ring (bicyclic) bond motifs is 2. The van der Waals surface area contributed by atoms with Gasteiger partial charge in [-0.1, -0.05) is 84.6 Å². The maximum absolute atomic E-state index is 12.5. The number of oxazole rings is 1. The minimum Gasteiger partial charge on any atom is -0.445 e. The van der Waals surface area contributed by atoms with Crippen molar-refractivity contribution in [3.05, 3.63) is 96.6 Å². The van der Waals surface area contributed by atoms with Crippen LogP contribution >= 0.6 is 11.8 Å². The van der Waals surface area contributed by atoms with Gasteiger partial charge in [0.1, 0.15) is 12.1 Å². The summed E-state index contributed by atoms with van der Waals surface area (Å²) in [5.74, 6) is 0. The highest BCUT2D eigenvalue weighted by Crippen LogP contribution is 2.38. The summed E-state index contributed by atoms with van der Waals surface area (Å²) in [7, 11) is 0. The zero-order valence-corrected chi connectivity index (χ0v) is 20.5. The minimum absolute atomic E-state index is 0.280. The first-order valence-electron chi connectivity index (χ1n) is 12.0. The van der Waals surface area contributed by atoms with E-state index in [1.807, 2.05) is 42.5 Å². The molecular weight excluding hydrogens is 470 g/mol. The Balaban J connectivity index is 1.14. The molecule has 1 aliphatic rings. The molecule has 5 aromatic rings. The molecule has 0 spiro atoms. The number of anilines is 1. The zero-order valence-electron chi connectivity index (χ0n) is 19.7. The van der Waals surface area contributed by atoms with Crippen molar-refractivity contribution in [3.63, 3.8) is 0 Å². The molecule has 4 aromatic carbocycles. The number of ether oxygens (including phenoxy) is 1. The first kappa shape index (κ1) is 22.5. The number of rotatable bonds is 5. The molecule has 1 aromatic heterocycles. The van der Waals surface area contributed by atoms with Crippen molar-refractivity contribution in [3.8, 4) is 0 Å². The number of aromatic nitrogens is 1. The Bertz CT molecular complexity index is 1510. The molecule has 6 rings (SSSR count). The molecular formula is C29H25N3O3S. The van der Waals surface area contributed by atoms with Crippen LogP contribution in [0.3, 0.4) is 0 Å². The maximum atomic E-state index is 12.5. The number of hydrogen-bond acceptors (Lipinski definition) is 6. The van der Waals surface area contributed by atoms with Crippen LogP contribution < -0.4 is 4.90 Å². The second-order valence-corrected chi connectivity index (χ2v) is 9.78. The van der Waals surface area contributed by atoms with Crippen LogP contribution in [0.2, 0.25) is 0 Å². The molecule has 1 saturated heterocycles. The summed E-state index contributed by atoms with van der Waals surface area (Å²) in [6.45, 7) is 2.67. The van der Waals surface area contributed by atoms with Crippen molar-refractivity contribution in [2.75, 3.05) is 31.1 Å². The number of carbonyl (C=O) groups excluding carboxylic acids is 1. The van der Waals surface area contributed by atoms with Gasteiger partial charge in [0.15, 0.2) is 5.58 Å². The third-order valence-electron chi connectivity index (χ3n) is 6.35. The third-order valence-corrected chi connectivity index (χ3v) is 7.48. The van der Waals surface area contributed by atoms with E-state index in [1.165, 1.54) is 15.7 Å². The first-order chi connectivity index (χ1) is 17.7. The van der Waals surface area contributed by atoms with Gasteiger partial charge < -0.3 is 19.0 Å². The summed E-state index contributed by atoms with van der Waals surface area (Å²) in [5, 5.41) is 2.44. The Kier molecular flexibility index (Phi) is 6.22. The summed E-state index contributed by atoms with van der Waals surface area (Å²) < 4.78 is 11.6. The van der Waals surface area contributed by atoms with Gasteiger partial charge >= 0.3 is 6.09 Å². The summed E-state index contributed by atoms with van der Waals surface area (Å²) in [6, 6.07) is 31.1. The Hall–Kier alpha value is -3.97. The van der Waals surface area contributed by atoms with Crippen LogP contribution in [0.1, 0.15) is 5.56 Å². The van der Waals surface area contributed by atoms with Crippen molar-refractivity contribution >= 4 is 45.7 Å². The predicted octanol–water partition coefficient (Wildman–Crippen LogP) is 6.59. The van der Waals surface area contributed by atoms with E-state index in [0.29, 0.717) is 32.2 Å². The van der Waals surface area contributed by atoms with Crippen molar-refractivity contribution in [2.45, 2.75) is 16.4 Å². The number of para-hydroxylation sites is 1. The topological polar surface area (TPSA) is 58.8 Å². The van der Waals surface area contributed by atoms with Crippen LogP contribution in [0.25, 0.3) is 21.9 Å². The average Bonchev–Trinajstić information content (AvgIpc) is 3.38. The van der Waals surface area contributed by atoms with E-state index in [-0.39, 0.29) is 12.7 Å². The van der Waals surface area contributed by atoms with Gasteiger partial charge in [0, 0.05) is 36.0 Å². The zero-order chi connectivity index (χ0) is 24.3. The number of nitrogens with zero attached hydrogens (tertiary/aromatic N) is 3. The van der Waals surface area contributed by atoms with E-state index >= 15 is 0 Å². The summed E-state index contributed by atoms with van der Waals surface area (Å²) in [4.78, 5) is 23.4. The lowest BCUT2D eigenvalue weighted by Crippen LogP contribution is -2.49. The standard InChI is InChI=1S/C29H25N3O3S/c33-29(34-20-21-8-2-1-3-9-21)32-18-16-31(17-19-32)28-30-27-24(35-28)13-7-15-26(27)36-25-14-6-11-22-10-4-5-12-23(22)25/h1-15H,16-20H2. The van der Waals surface area contributed by atoms with Crippen LogP contribution in [-0.2, 0) is 11.3 Å². The summed E-state index contributed by atoms with van der Waals surface area (Å²) in [5.41, 5.74) is 2.60. The number of benzene rings is 4. The molecule has 2 heterocycles. The molecule has 0 saturated carbocycles. The molecule has 6 nitrogen and oxygen atoms in total. The molecule has 36 heavy (non-hydrogen) atoms.